The summed E-state index contributed by atoms with van der Waals surface area (Å²) < 4.78 is 12.4. The summed E-state index contributed by atoms with van der Waals surface area (Å²) in [6.45, 7) is 2.23. The van der Waals surface area contributed by atoms with E-state index in [1.54, 1.807) is 16.9 Å². The molecule has 160 valence electrons. The average molecular weight is 465 g/mol. The number of fused-ring (bicyclic) bond motifs is 3. The minimum atomic E-state index is -0.380. The molecule has 0 N–H and O–H groups in total. The predicted octanol–water partition coefficient (Wildman–Crippen LogP) is 5.33. The van der Waals surface area contributed by atoms with Gasteiger partial charge in [-0.25, -0.2) is 19.3 Å². The second-order valence-electron chi connectivity index (χ2n) is 7.10. The Morgan fingerprint density at radius 2 is 2.03 bits per heavy atom. The second-order valence-corrected chi connectivity index (χ2v) is 8.50. The minimum Gasteiger partial charge on any atom is -0.487 e. The number of benzene rings is 2. The molecule has 0 amide bonds. The number of hydrogen-bond donors (Lipinski definition) is 0. The molecule has 5 aromatic rings. The third-order valence-electron chi connectivity index (χ3n) is 5.05. The van der Waals surface area contributed by atoms with Crippen molar-refractivity contribution < 1.29 is 14.3 Å². The molecule has 7 nitrogen and oxygen atoms in total. The van der Waals surface area contributed by atoms with Gasteiger partial charge in [0.15, 0.2) is 11.5 Å². The van der Waals surface area contributed by atoms with Gasteiger partial charge in [-0.1, -0.05) is 41.9 Å². The Morgan fingerprint density at radius 3 is 2.84 bits per heavy atom. The number of thiophene rings is 1. The number of aromatic nitrogens is 4. The summed E-state index contributed by atoms with van der Waals surface area (Å²) in [5.74, 6) is 0.812. The standard InChI is InChI=1S/C23H17ClN4O3S/c1-13-18-21-26-20(27-28(21)12-25-22(18)32-19(13)23(29)30-2)15-7-5-6-14(10-15)11-31-17-9-4-3-8-16(17)24/h3-10,12H,11H2,1-2H3. The molecule has 32 heavy (non-hydrogen) atoms. The van der Waals surface area contributed by atoms with Gasteiger partial charge in [0.2, 0.25) is 0 Å². The van der Waals surface area contributed by atoms with Crippen LogP contribution in [0.1, 0.15) is 20.8 Å². The molecule has 0 fully saturated rings. The maximum Gasteiger partial charge on any atom is 0.348 e. The summed E-state index contributed by atoms with van der Waals surface area (Å²) in [6, 6.07) is 15.2. The molecule has 0 saturated heterocycles. The first-order valence-electron chi connectivity index (χ1n) is 9.74. The van der Waals surface area contributed by atoms with Crippen molar-refractivity contribution in [3.63, 3.8) is 0 Å². The van der Waals surface area contributed by atoms with Gasteiger partial charge in [0.25, 0.3) is 0 Å². The van der Waals surface area contributed by atoms with Crippen LogP contribution in [0.5, 0.6) is 5.75 Å². The Balaban J connectivity index is 1.50. The molecule has 0 atom stereocenters. The van der Waals surface area contributed by atoms with Crippen molar-refractivity contribution >= 4 is 44.8 Å². The van der Waals surface area contributed by atoms with E-state index in [-0.39, 0.29) is 5.97 Å². The number of hydrogen-bond acceptors (Lipinski definition) is 7. The molecule has 0 saturated carbocycles. The van der Waals surface area contributed by atoms with Crippen LogP contribution in [0.25, 0.3) is 27.3 Å². The Morgan fingerprint density at radius 1 is 1.19 bits per heavy atom. The topological polar surface area (TPSA) is 78.6 Å². The van der Waals surface area contributed by atoms with Crippen molar-refractivity contribution in [1.82, 2.24) is 19.6 Å². The molecule has 0 aliphatic heterocycles. The summed E-state index contributed by atoms with van der Waals surface area (Å²) in [5.41, 5.74) is 3.25. The fraction of sp³-hybridized carbons (Fsp3) is 0.130. The lowest BCUT2D eigenvalue weighted by Gasteiger charge is -2.08. The van der Waals surface area contributed by atoms with Crippen molar-refractivity contribution in [3.05, 3.63) is 75.9 Å². The largest absolute Gasteiger partial charge is 0.487 e. The number of rotatable bonds is 5. The molecule has 0 radical (unpaired) electrons. The van der Waals surface area contributed by atoms with E-state index < -0.39 is 0 Å². The fourth-order valence-corrected chi connectivity index (χ4v) is 4.72. The van der Waals surface area contributed by atoms with Crippen LogP contribution in [0.15, 0.2) is 54.9 Å². The normalized spacial score (nSPS) is 11.2. The molecule has 9 heteroatoms. The monoisotopic (exact) mass is 464 g/mol. The van der Waals surface area contributed by atoms with E-state index in [1.807, 2.05) is 49.4 Å². The van der Waals surface area contributed by atoms with Crippen molar-refractivity contribution in [2.75, 3.05) is 7.11 Å². The number of carbonyl (C=O) groups excluding carboxylic acids is 1. The number of ether oxygens (including phenoxy) is 2. The van der Waals surface area contributed by atoms with Crippen LogP contribution in [0.4, 0.5) is 0 Å². The first kappa shape index (κ1) is 20.4. The number of para-hydroxylation sites is 1. The van der Waals surface area contributed by atoms with Crippen LogP contribution >= 0.6 is 22.9 Å². The molecule has 0 bridgehead atoms. The number of methoxy groups -OCH3 is 1. The van der Waals surface area contributed by atoms with Gasteiger partial charge in [-0.2, -0.15) is 0 Å². The molecular formula is C23H17ClN4O3S. The van der Waals surface area contributed by atoms with E-state index in [0.717, 1.165) is 26.9 Å². The minimum absolute atomic E-state index is 0.364. The van der Waals surface area contributed by atoms with E-state index in [9.17, 15) is 4.79 Å². The summed E-state index contributed by atoms with van der Waals surface area (Å²) in [7, 11) is 1.37. The highest BCUT2D eigenvalue weighted by Crippen LogP contribution is 2.33. The van der Waals surface area contributed by atoms with Crippen molar-refractivity contribution in [2.24, 2.45) is 0 Å². The SMILES string of the molecule is COC(=O)c1sc2ncn3nc(-c4cccc(COc5ccccc5Cl)c4)nc3c2c1C. The highest BCUT2D eigenvalue weighted by Gasteiger charge is 2.21. The Bertz CT molecular complexity index is 1480. The van der Waals surface area contributed by atoms with E-state index in [0.29, 0.717) is 33.7 Å². The van der Waals surface area contributed by atoms with Crippen molar-refractivity contribution in [2.45, 2.75) is 13.5 Å². The van der Waals surface area contributed by atoms with Gasteiger partial charge in [0, 0.05) is 5.56 Å². The number of carbonyl (C=O) groups is 1. The third-order valence-corrected chi connectivity index (χ3v) is 6.55. The fourth-order valence-electron chi connectivity index (χ4n) is 3.47. The van der Waals surface area contributed by atoms with E-state index in [1.165, 1.54) is 18.4 Å². The lowest BCUT2D eigenvalue weighted by molar-refractivity contribution is 0.0605. The summed E-state index contributed by atoms with van der Waals surface area (Å²) in [6.07, 6.45) is 1.61. The molecule has 0 unspecified atom stereocenters. The zero-order valence-electron chi connectivity index (χ0n) is 17.2. The summed E-state index contributed by atoms with van der Waals surface area (Å²) in [4.78, 5) is 22.5. The van der Waals surface area contributed by atoms with E-state index in [4.69, 9.17) is 26.1 Å². The number of esters is 1. The van der Waals surface area contributed by atoms with Crippen LogP contribution in [0, 0.1) is 6.92 Å². The van der Waals surface area contributed by atoms with E-state index >= 15 is 0 Å². The molecular weight excluding hydrogens is 448 g/mol. The van der Waals surface area contributed by atoms with Gasteiger partial charge in [-0.15, -0.1) is 16.4 Å². The van der Waals surface area contributed by atoms with Crippen LogP contribution in [0.3, 0.4) is 0 Å². The second kappa shape index (κ2) is 8.22. The van der Waals surface area contributed by atoms with Gasteiger partial charge in [-0.05, 0) is 36.2 Å². The first-order chi connectivity index (χ1) is 15.5. The third kappa shape index (κ3) is 3.57. The molecule has 3 heterocycles. The van der Waals surface area contributed by atoms with Gasteiger partial charge in [-0.3, -0.25) is 0 Å². The molecule has 0 aliphatic carbocycles. The molecule has 0 spiro atoms. The van der Waals surface area contributed by atoms with Gasteiger partial charge >= 0.3 is 5.97 Å². The highest BCUT2D eigenvalue weighted by molar-refractivity contribution is 7.20. The molecule has 5 rings (SSSR count). The van der Waals surface area contributed by atoms with Crippen molar-refractivity contribution in [1.29, 1.82) is 0 Å². The van der Waals surface area contributed by atoms with Gasteiger partial charge in [0.05, 0.1) is 17.5 Å². The van der Waals surface area contributed by atoms with Gasteiger partial charge < -0.3 is 9.47 Å². The lowest BCUT2D eigenvalue weighted by Crippen LogP contribution is -1.99. The average Bonchev–Trinajstić information content (AvgIpc) is 3.39. The number of aryl methyl sites for hydroxylation is 1. The van der Waals surface area contributed by atoms with Crippen molar-refractivity contribution in [3.8, 4) is 17.1 Å². The highest BCUT2D eigenvalue weighted by atomic mass is 35.5. The predicted molar refractivity (Wildman–Crippen MR) is 123 cm³/mol. The summed E-state index contributed by atoms with van der Waals surface area (Å²) in [5, 5.41) is 5.96. The smallest absolute Gasteiger partial charge is 0.348 e. The Hall–Kier alpha value is -3.49. The molecule has 3 aromatic heterocycles. The number of nitrogens with zero attached hydrogens (tertiary/aromatic N) is 4. The van der Waals surface area contributed by atoms with Crippen LogP contribution in [-0.2, 0) is 11.3 Å². The number of halogens is 1. The zero-order valence-corrected chi connectivity index (χ0v) is 18.8. The maximum absolute atomic E-state index is 12.1. The Labute approximate surface area is 192 Å². The van der Waals surface area contributed by atoms with Gasteiger partial charge in [0.1, 0.15) is 28.4 Å². The lowest BCUT2D eigenvalue weighted by atomic mass is 10.1. The van der Waals surface area contributed by atoms with Crippen LogP contribution < -0.4 is 4.74 Å². The molecule has 0 aliphatic rings. The summed E-state index contributed by atoms with van der Waals surface area (Å²) >= 11 is 7.46. The quantitative estimate of drug-likeness (QED) is 0.327. The molecule has 2 aromatic carbocycles. The first-order valence-corrected chi connectivity index (χ1v) is 10.9. The van der Waals surface area contributed by atoms with Crippen LogP contribution in [-0.4, -0.2) is 32.7 Å². The van der Waals surface area contributed by atoms with E-state index in [2.05, 4.69) is 10.1 Å². The Kier molecular flexibility index (Phi) is 5.24. The zero-order chi connectivity index (χ0) is 22.2. The van der Waals surface area contributed by atoms with Crippen LogP contribution in [0.2, 0.25) is 5.02 Å². The maximum atomic E-state index is 12.1.